The zero-order valence-corrected chi connectivity index (χ0v) is 15.1. The quantitative estimate of drug-likeness (QED) is 0.681. The van der Waals surface area contributed by atoms with Gasteiger partial charge in [-0.15, -0.1) is 0 Å². The summed E-state index contributed by atoms with van der Waals surface area (Å²) in [7, 11) is 1.69. The van der Waals surface area contributed by atoms with Crippen molar-refractivity contribution in [2.24, 2.45) is 0 Å². The first-order chi connectivity index (χ1) is 12.2. The fourth-order valence-corrected chi connectivity index (χ4v) is 2.93. The maximum absolute atomic E-state index is 12.1. The zero-order chi connectivity index (χ0) is 18.0. The van der Waals surface area contributed by atoms with Crippen molar-refractivity contribution in [1.29, 1.82) is 0 Å². The standard InChI is InChI=1S/C21H28N2O2/c1-3-21(25-2,19-14-8-5-9-15-19)17-23-20(24)22-16-10-13-18-11-6-4-7-12-18/h4-9,11-12,14-15H,3,10,13,16-17H2,1-2H3,(H2,22,23,24). The van der Waals surface area contributed by atoms with Gasteiger partial charge in [-0.05, 0) is 30.4 Å². The normalized spacial score (nSPS) is 13.0. The monoisotopic (exact) mass is 340 g/mol. The van der Waals surface area contributed by atoms with Crippen LogP contribution in [0, 0.1) is 0 Å². The summed E-state index contributed by atoms with van der Waals surface area (Å²) in [6.45, 7) is 3.16. The molecule has 2 amide bonds. The van der Waals surface area contributed by atoms with Crippen LogP contribution in [0.15, 0.2) is 60.7 Å². The molecule has 25 heavy (non-hydrogen) atoms. The molecule has 2 rings (SSSR count). The summed E-state index contributed by atoms with van der Waals surface area (Å²) in [5, 5.41) is 5.87. The molecule has 0 heterocycles. The van der Waals surface area contributed by atoms with E-state index < -0.39 is 5.60 Å². The number of methoxy groups -OCH3 is 1. The van der Waals surface area contributed by atoms with Crippen LogP contribution in [0.1, 0.15) is 30.9 Å². The van der Waals surface area contributed by atoms with Gasteiger partial charge in [-0.25, -0.2) is 4.79 Å². The summed E-state index contributed by atoms with van der Waals surface area (Å²) in [6, 6.07) is 20.2. The van der Waals surface area contributed by atoms with Crippen LogP contribution in [-0.4, -0.2) is 26.2 Å². The molecular weight excluding hydrogens is 312 g/mol. The lowest BCUT2D eigenvalue weighted by Crippen LogP contribution is -2.45. The fraction of sp³-hybridized carbons (Fsp3) is 0.381. The van der Waals surface area contributed by atoms with Crippen LogP contribution in [0.2, 0.25) is 0 Å². The van der Waals surface area contributed by atoms with Crippen molar-refractivity contribution in [3.8, 4) is 0 Å². The Morgan fingerprint density at radius 3 is 2.24 bits per heavy atom. The molecule has 0 aliphatic heterocycles. The molecule has 0 fully saturated rings. The highest BCUT2D eigenvalue weighted by Crippen LogP contribution is 2.27. The van der Waals surface area contributed by atoms with E-state index in [2.05, 4.69) is 29.7 Å². The lowest BCUT2D eigenvalue weighted by atomic mass is 9.91. The fourth-order valence-electron chi connectivity index (χ4n) is 2.93. The van der Waals surface area contributed by atoms with E-state index in [1.807, 2.05) is 48.5 Å². The minimum Gasteiger partial charge on any atom is -0.372 e. The molecular formula is C21H28N2O2. The van der Waals surface area contributed by atoms with E-state index >= 15 is 0 Å². The van der Waals surface area contributed by atoms with Crippen molar-refractivity contribution in [3.63, 3.8) is 0 Å². The Bertz CT molecular complexity index is 625. The predicted octanol–water partition coefficient (Wildman–Crippen LogP) is 3.87. The average Bonchev–Trinajstić information content (AvgIpc) is 2.68. The number of ether oxygens (including phenoxy) is 1. The van der Waals surface area contributed by atoms with Gasteiger partial charge in [0, 0.05) is 13.7 Å². The summed E-state index contributed by atoms with van der Waals surface area (Å²) >= 11 is 0. The van der Waals surface area contributed by atoms with Crippen molar-refractivity contribution in [2.45, 2.75) is 31.8 Å². The highest BCUT2D eigenvalue weighted by Gasteiger charge is 2.30. The molecule has 0 spiro atoms. The van der Waals surface area contributed by atoms with Crippen LogP contribution in [0.4, 0.5) is 4.79 Å². The molecule has 4 nitrogen and oxygen atoms in total. The number of carbonyl (C=O) groups excluding carboxylic acids is 1. The number of hydrogen-bond donors (Lipinski definition) is 2. The summed E-state index contributed by atoms with van der Waals surface area (Å²) < 4.78 is 5.76. The molecule has 0 radical (unpaired) electrons. The Balaban J connectivity index is 1.77. The Labute approximate surface area is 150 Å². The lowest BCUT2D eigenvalue weighted by Gasteiger charge is -2.32. The molecule has 2 N–H and O–H groups in total. The van der Waals surface area contributed by atoms with Gasteiger partial charge in [0.05, 0.1) is 6.54 Å². The van der Waals surface area contributed by atoms with Crippen LogP contribution in [0.3, 0.4) is 0 Å². The maximum atomic E-state index is 12.1. The molecule has 2 aromatic rings. The van der Waals surface area contributed by atoms with Gasteiger partial charge in [0.2, 0.25) is 0 Å². The molecule has 0 saturated carbocycles. The minimum atomic E-state index is -0.497. The second-order valence-corrected chi connectivity index (χ2v) is 6.12. The molecule has 2 aromatic carbocycles. The van der Waals surface area contributed by atoms with Gasteiger partial charge in [-0.3, -0.25) is 0 Å². The topological polar surface area (TPSA) is 50.4 Å². The lowest BCUT2D eigenvalue weighted by molar-refractivity contribution is -0.0152. The molecule has 0 aromatic heterocycles. The summed E-state index contributed by atoms with van der Waals surface area (Å²) in [5.41, 5.74) is 1.87. The first-order valence-corrected chi connectivity index (χ1v) is 8.86. The molecule has 0 bridgehead atoms. The Kier molecular flexibility index (Phi) is 7.48. The molecule has 134 valence electrons. The maximum Gasteiger partial charge on any atom is 0.314 e. The van der Waals surface area contributed by atoms with Gasteiger partial charge in [0.25, 0.3) is 0 Å². The average molecular weight is 340 g/mol. The zero-order valence-electron chi connectivity index (χ0n) is 15.1. The van der Waals surface area contributed by atoms with E-state index in [-0.39, 0.29) is 6.03 Å². The molecule has 0 aliphatic carbocycles. The molecule has 0 aliphatic rings. The van der Waals surface area contributed by atoms with Crippen LogP contribution in [0.5, 0.6) is 0 Å². The number of urea groups is 1. The number of amides is 2. The number of carbonyl (C=O) groups is 1. The van der Waals surface area contributed by atoms with Gasteiger partial charge in [0.1, 0.15) is 5.60 Å². The largest absolute Gasteiger partial charge is 0.372 e. The van der Waals surface area contributed by atoms with Crippen molar-refractivity contribution < 1.29 is 9.53 Å². The predicted molar refractivity (Wildman–Crippen MR) is 102 cm³/mol. The molecule has 1 atom stereocenters. The van der Waals surface area contributed by atoms with Gasteiger partial charge in [-0.1, -0.05) is 67.6 Å². The van der Waals surface area contributed by atoms with E-state index in [1.54, 1.807) is 7.11 Å². The van der Waals surface area contributed by atoms with Crippen LogP contribution >= 0.6 is 0 Å². The van der Waals surface area contributed by atoms with Crippen LogP contribution < -0.4 is 10.6 Å². The van der Waals surface area contributed by atoms with Gasteiger partial charge in [0.15, 0.2) is 0 Å². The highest BCUT2D eigenvalue weighted by molar-refractivity contribution is 5.73. The highest BCUT2D eigenvalue weighted by atomic mass is 16.5. The van der Waals surface area contributed by atoms with Gasteiger partial charge in [-0.2, -0.15) is 0 Å². The molecule has 0 saturated heterocycles. The second-order valence-electron chi connectivity index (χ2n) is 6.12. The number of nitrogens with one attached hydrogen (secondary N) is 2. The van der Waals surface area contributed by atoms with Crippen LogP contribution in [-0.2, 0) is 16.8 Å². The Morgan fingerprint density at radius 2 is 1.64 bits per heavy atom. The summed E-state index contributed by atoms with van der Waals surface area (Å²) in [6.07, 6.45) is 2.66. The first kappa shape index (κ1) is 19.0. The van der Waals surface area contributed by atoms with E-state index in [9.17, 15) is 4.79 Å². The molecule has 1 unspecified atom stereocenters. The van der Waals surface area contributed by atoms with Crippen molar-refractivity contribution in [3.05, 3.63) is 71.8 Å². The van der Waals surface area contributed by atoms with Gasteiger partial charge < -0.3 is 15.4 Å². The van der Waals surface area contributed by atoms with Gasteiger partial charge >= 0.3 is 6.03 Å². The number of benzene rings is 2. The summed E-state index contributed by atoms with van der Waals surface area (Å²) in [4.78, 5) is 12.1. The van der Waals surface area contributed by atoms with E-state index in [0.717, 1.165) is 24.8 Å². The van der Waals surface area contributed by atoms with E-state index in [0.29, 0.717) is 13.1 Å². The number of hydrogen-bond acceptors (Lipinski definition) is 2. The van der Waals surface area contributed by atoms with Crippen molar-refractivity contribution >= 4 is 6.03 Å². The Morgan fingerprint density at radius 1 is 1.00 bits per heavy atom. The number of rotatable bonds is 9. The smallest absolute Gasteiger partial charge is 0.314 e. The van der Waals surface area contributed by atoms with Crippen molar-refractivity contribution in [1.82, 2.24) is 10.6 Å². The van der Waals surface area contributed by atoms with Crippen molar-refractivity contribution in [2.75, 3.05) is 20.2 Å². The third-order valence-electron chi connectivity index (χ3n) is 4.57. The van der Waals surface area contributed by atoms with Crippen LogP contribution in [0.25, 0.3) is 0 Å². The van der Waals surface area contributed by atoms with E-state index in [1.165, 1.54) is 5.56 Å². The second kappa shape index (κ2) is 9.84. The summed E-state index contributed by atoms with van der Waals surface area (Å²) in [5.74, 6) is 0. The first-order valence-electron chi connectivity index (χ1n) is 8.86. The Hall–Kier alpha value is -2.33. The van der Waals surface area contributed by atoms with E-state index in [4.69, 9.17) is 4.74 Å². The third-order valence-corrected chi connectivity index (χ3v) is 4.57. The number of aryl methyl sites for hydroxylation is 1. The molecule has 4 heteroatoms. The minimum absolute atomic E-state index is 0.154. The third kappa shape index (κ3) is 5.61. The SMILES string of the molecule is CCC(CNC(=O)NCCCc1ccccc1)(OC)c1ccccc1.